The third-order valence-corrected chi connectivity index (χ3v) is 5.56. The van der Waals surface area contributed by atoms with Crippen LogP contribution >= 0.6 is 11.3 Å². The normalized spacial score (nSPS) is 17.1. The third-order valence-electron chi connectivity index (χ3n) is 4.47. The van der Waals surface area contributed by atoms with Gasteiger partial charge in [-0.15, -0.1) is 11.3 Å². The largest absolute Gasteiger partial charge is 0.390 e. The minimum atomic E-state index is -0.0736. The van der Waals surface area contributed by atoms with Crippen LogP contribution in [-0.4, -0.2) is 5.91 Å². The van der Waals surface area contributed by atoms with E-state index >= 15 is 0 Å². The van der Waals surface area contributed by atoms with Crippen LogP contribution in [0.1, 0.15) is 46.1 Å². The molecule has 1 unspecified atom stereocenters. The highest BCUT2D eigenvalue weighted by Crippen LogP contribution is 2.39. The number of aryl methyl sites for hydroxylation is 1. The lowest BCUT2D eigenvalue weighted by Crippen LogP contribution is -2.18. The summed E-state index contributed by atoms with van der Waals surface area (Å²) in [4.78, 5) is 14.0. The van der Waals surface area contributed by atoms with Crippen LogP contribution in [0.4, 0.5) is 10.7 Å². The van der Waals surface area contributed by atoms with E-state index in [2.05, 4.69) is 12.2 Å². The SMILES string of the molecule is CCC1CCc2c(sc(N)c2C(=O)Nc2cccc(C)c2)C1. The Hall–Kier alpha value is -1.81. The van der Waals surface area contributed by atoms with Gasteiger partial charge in [0.1, 0.15) is 0 Å². The first kappa shape index (κ1) is 15.1. The number of fused-ring (bicyclic) bond motifs is 1. The summed E-state index contributed by atoms with van der Waals surface area (Å²) >= 11 is 1.59. The molecule has 1 aliphatic carbocycles. The van der Waals surface area contributed by atoms with E-state index in [-0.39, 0.29) is 5.91 Å². The molecule has 3 rings (SSSR count). The number of benzene rings is 1. The van der Waals surface area contributed by atoms with Gasteiger partial charge in [0.05, 0.1) is 10.6 Å². The quantitative estimate of drug-likeness (QED) is 0.882. The molecule has 0 saturated heterocycles. The van der Waals surface area contributed by atoms with Gasteiger partial charge in [-0.25, -0.2) is 0 Å². The number of hydrogen-bond donors (Lipinski definition) is 2. The average molecular weight is 314 g/mol. The van der Waals surface area contributed by atoms with Gasteiger partial charge in [-0.1, -0.05) is 25.5 Å². The van der Waals surface area contributed by atoms with Crippen molar-refractivity contribution < 1.29 is 4.79 Å². The van der Waals surface area contributed by atoms with Crippen molar-refractivity contribution in [2.75, 3.05) is 11.1 Å². The molecule has 1 aromatic carbocycles. The predicted molar refractivity (Wildman–Crippen MR) is 93.7 cm³/mol. The first-order valence-corrected chi connectivity index (χ1v) is 8.68. The second-order valence-corrected chi connectivity index (χ2v) is 7.22. The Bertz CT molecular complexity index is 705. The molecule has 0 aliphatic heterocycles. The predicted octanol–water partition coefficient (Wildman–Crippen LogP) is 4.41. The highest BCUT2D eigenvalue weighted by molar-refractivity contribution is 7.16. The van der Waals surface area contributed by atoms with E-state index in [1.54, 1.807) is 11.3 Å². The molecule has 0 saturated carbocycles. The summed E-state index contributed by atoms with van der Waals surface area (Å²) in [6, 6.07) is 7.84. The van der Waals surface area contributed by atoms with Crippen molar-refractivity contribution in [2.45, 2.75) is 39.5 Å². The van der Waals surface area contributed by atoms with Crippen molar-refractivity contribution >= 4 is 27.9 Å². The van der Waals surface area contributed by atoms with Gasteiger partial charge in [-0.05, 0) is 55.4 Å². The summed E-state index contributed by atoms with van der Waals surface area (Å²) in [5, 5.41) is 3.65. The lowest BCUT2D eigenvalue weighted by atomic mass is 9.85. The molecule has 1 heterocycles. The molecule has 0 fully saturated rings. The van der Waals surface area contributed by atoms with E-state index in [1.807, 2.05) is 31.2 Å². The van der Waals surface area contributed by atoms with Gasteiger partial charge in [-0.2, -0.15) is 0 Å². The Labute approximate surface area is 135 Å². The molecule has 1 amide bonds. The smallest absolute Gasteiger partial charge is 0.258 e. The number of carbonyl (C=O) groups excluding carboxylic acids is 1. The van der Waals surface area contributed by atoms with Crippen molar-refractivity contribution in [3.05, 3.63) is 45.8 Å². The summed E-state index contributed by atoms with van der Waals surface area (Å²) in [6.45, 7) is 4.25. The molecule has 2 aromatic rings. The fraction of sp³-hybridized carbons (Fsp3) is 0.389. The van der Waals surface area contributed by atoms with E-state index in [9.17, 15) is 4.79 Å². The van der Waals surface area contributed by atoms with E-state index in [4.69, 9.17) is 5.73 Å². The second-order valence-electron chi connectivity index (χ2n) is 6.08. The van der Waals surface area contributed by atoms with Crippen LogP contribution in [0.3, 0.4) is 0 Å². The Kier molecular flexibility index (Phi) is 4.21. The molecule has 1 aliphatic rings. The molecule has 0 bridgehead atoms. The van der Waals surface area contributed by atoms with Gasteiger partial charge < -0.3 is 11.1 Å². The molecule has 116 valence electrons. The Morgan fingerprint density at radius 1 is 1.45 bits per heavy atom. The summed E-state index contributed by atoms with van der Waals surface area (Å²) < 4.78 is 0. The van der Waals surface area contributed by atoms with Crippen LogP contribution < -0.4 is 11.1 Å². The fourth-order valence-corrected chi connectivity index (χ4v) is 4.42. The van der Waals surface area contributed by atoms with Gasteiger partial charge >= 0.3 is 0 Å². The number of thiophene rings is 1. The summed E-state index contributed by atoms with van der Waals surface area (Å²) in [5.74, 6) is 0.661. The summed E-state index contributed by atoms with van der Waals surface area (Å²) in [7, 11) is 0. The monoisotopic (exact) mass is 314 g/mol. The number of nitrogens with one attached hydrogen (secondary N) is 1. The molecule has 1 atom stereocenters. The van der Waals surface area contributed by atoms with Crippen molar-refractivity contribution in [3.8, 4) is 0 Å². The molecular weight excluding hydrogens is 292 g/mol. The number of rotatable bonds is 3. The standard InChI is InChI=1S/C18H22N2OS/c1-3-12-7-8-14-15(10-12)22-17(19)16(14)18(21)20-13-6-4-5-11(2)9-13/h4-6,9,12H,3,7-8,10,19H2,1-2H3,(H,20,21). The molecular formula is C18H22N2OS. The van der Waals surface area contributed by atoms with Crippen LogP contribution in [0, 0.1) is 12.8 Å². The van der Waals surface area contributed by atoms with Gasteiger partial charge in [0.25, 0.3) is 5.91 Å². The van der Waals surface area contributed by atoms with Crippen LogP contribution in [-0.2, 0) is 12.8 Å². The van der Waals surface area contributed by atoms with E-state index in [0.29, 0.717) is 10.6 Å². The Balaban J connectivity index is 1.86. The summed E-state index contributed by atoms with van der Waals surface area (Å²) in [5.41, 5.74) is 9.99. The maximum atomic E-state index is 12.6. The first-order valence-electron chi connectivity index (χ1n) is 7.86. The van der Waals surface area contributed by atoms with Crippen molar-refractivity contribution in [1.82, 2.24) is 0 Å². The van der Waals surface area contributed by atoms with Crippen LogP contribution in [0.15, 0.2) is 24.3 Å². The number of anilines is 2. The molecule has 0 spiro atoms. The zero-order valence-electron chi connectivity index (χ0n) is 13.1. The maximum absolute atomic E-state index is 12.6. The van der Waals surface area contributed by atoms with Crippen molar-refractivity contribution in [2.24, 2.45) is 5.92 Å². The highest BCUT2D eigenvalue weighted by Gasteiger charge is 2.27. The number of nitrogens with two attached hydrogens (primary N) is 1. The topological polar surface area (TPSA) is 55.1 Å². The van der Waals surface area contributed by atoms with Gasteiger partial charge in [0.15, 0.2) is 0 Å². The molecule has 4 heteroatoms. The third kappa shape index (κ3) is 2.88. The van der Waals surface area contributed by atoms with E-state index in [1.165, 1.54) is 16.9 Å². The second kappa shape index (κ2) is 6.13. The van der Waals surface area contributed by atoms with Gasteiger partial charge in [-0.3, -0.25) is 4.79 Å². The highest BCUT2D eigenvalue weighted by atomic mass is 32.1. The zero-order valence-corrected chi connectivity index (χ0v) is 13.9. The number of nitrogen functional groups attached to an aromatic ring is 1. The minimum Gasteiger partial charge on any atom is -0.390 e. The number of hydrogen-bond acceptors (Lipinski definition) is 3. The van der Waals surface area contributed by atoms with Crippen molar-refractivity contribution in [3.63, 3.8) is 0 Å². The molecule has 22 heavy (non-hydrogen) atoms. The molecule has 0 radical (unpaired) electrons. The van der Waals surface area contributed by atoms with E-state index < -0.39 is 0 Å². The minimum absolute atomic E-state index is 0.0736. The molecule has 3 nitrogen and oxygen atoms in total. The summed E-state index contributed by atoms with van der Waals surface area (Å²) in [6.07, 6.45) is 4.39. The maximum Gasteiger partial charge on any atom is 0.258 e. The molecule has 1 aromatic heterocycles. The van der Waals surface area contributed by atoms with Crippen LogP contribution in [0.25, 0.3) is 0 Å². The van der Waals surface area contributed by atoms with Crippen LogP contribution in [0.2, 0.25) is 0 Å². The number of amides is 1. The lowest BCUT2D eigenvalue weighted by molar-refractivity contribution is 0.102. The average Bonchev–Trinajstić information content (AvgIpc) is 2.81. The Morgan fingerprint density at radius 3 is 3.00 bits per heavy atom. The van der Waals surface area contributed by atoms with Crippen molar-refractivity contribution in [1.29, 1.82) is 0 Å². The zero-order chi connectivity index (χ0) is 15.7. The Morgan fingerprint density at radius 2 is 2.27 bits per heavy atom. The lowest BCUT2D eigenvalue weighted by Gasteiger charge is -2.21. The fourth-order valence-electron chi connectivity index (χ4n) is 3.19. The van der Waals surface area contributed by atoms with Crippen LogP contribution in [0.5, 0.6) is 0 Å². The van der Waals surface area contributed by atoms with Gasteiger partial charge in [0.2, 0.25) is 0 Å². The first-order chi connectivity index (χ1) is 10.6. The number of carbonyl (C=O) groups is 1. The van der Waals surface area contributed by atoms with Gasteiger partial charge in [0, 0.05) is 10.6 Å². The van der Waals surface area contributed by atoms with E-state index in [0.717, 1.165) is 36.4 Å². The molecule has 3 N–H and O–H groups in total.